The first kappa shape index (κ1) is 20.9. The van der Waals surface area contributed by atoms with E-state index in [2.05, 4.69) is 93.5 Å². The van der Waals surface area contributed by atoms with E-state index in [4.69, 9.17) is 0 Å². The van der Waals surface area contributed by atoms with Crippen molar-refractivity contribution >= 4 is 61.9 Å². The molecule has 0 amide bonds. The molecular formula is C20H27NS4. The quantitative estimate of drug-likeness (QED) is 0.336. The highest BCUT2D eigenvalue weighted by Crippen LogP contribution is 2.34. The molecule has 0 N–H and O–H groups in total. The fourth-order valence-corrected chi connectivity index (χ4v) is 4.30. The Hall–Kier alpha value is -0.360. The Labute approximate surface area is 174 Å². The molecule has 0 saturated heterocycles. The minimum Gasteiger partial charge on any atom is -0.341 e. The Kier molecular flexibility index (Phi) is 8.46. The summed E-state index contributed by atoms with van der Waals surface area (Å²) in [5.74, 6) is 0.638. The van der Waals surface area contributed by atoms with Crippen LogP contribution in [0.25, 0.3) is 0 Å². The number of anilines is 2. The van der Waals surface area contributed by atoms with Gasteiger partial charge in [0.25, 0.3) is 0 Å². The van der Waals surface area contributed by atoms with Crippen LogP contribution in [0.4, 0.5) is 11.4 Å². The van der Waals surface area contributed by atoms with E-state index in [9.17, 15) is 0 Å². The van der Waals surface area contributed by atoms with Crippen LogP contribution < -0.4 is 4.90 Å². The number of thiol groups is 4. The first-order valence-electron chi connectivity index (χ1n) is 8.76. The molecule has 0 radical (unpaired) electrons. The highest BCUT2D eigenvalue weighted by molar-refractivity contribution is 7.81. The van der Waals surface area contributed by atoms with E-state index >= 15 is 0 Å². The summed E-state index contributed by atoms with van der Waals surface area (Å²) in [6.07, 6.45) is 4.91. The number of hydrogen-bond donors (Lipinski definition) is 4. The van der Waals surface area contributed by atoms with E-state index in [1.165, 1.54) is 25.7 Å². The van der Waals surface area contributed by atoms with Crippen LogP contribution >= 0.6 is 50.5 Å². The highest BCUT2D eigenvalue weighted by atomic mass is 32.1. The van der Waals surface area contributed by atoms with Crippen LogP contribution in [0.3, 0.4) is 0 Å². The molecule has 25 heavy (non-hydrogen) atoms. The maximum absolute atomic E-state index is 4.54. The van der Waals surface area contributed by atoms with Gasteiger partial charge in [-0.1, -0.05) is 33.1 Å². The van der Waals surface area contributed by atoms with Crippen molar-refractivity contribution in [1.29, 1.82) is 0 Å². The van der Waals surface area contributed by atoms with Crippen LogP contribution in [0.5, 0.6) is 0 Å². The molecule has 136 valence electrons. The molecule has 1 atom stereocenters. The molecule has 0 aromatic heterocycles. The van der Waals surface area contributed by atoms with Gasteiger partial charge in [-0.25, -0.2) is 0 Å². The number of nitrogens with zero attached hydrogens (tertiary/aromatic N) is 1. The molecule has 0 aliphatic rings. The predicted octanol–water partition coefficient (Wildman–Crippen LogP) is 7.20. The zero-order chi connectivity index (χ0) is 18.4. The standard InChI is InChI=1S/C20H27NS4/c1-3-5-6-14(4-2)13-21(15-7-17(22)11-18(23)8-15)16-9-19(24)12-20(25)10-16/h7-12,14,22-25H,3-6,13H2,1-2H3. The van der Waals surface area contributed by atoms with Crippen LogP contribution in [0, 0.1) is 5.92 Å². The summed E-state index contributed by atoms with van der Waals surface area (Å²) in [5.41, 5.74) is 2.22. The largest absolute Gasteiger partial charge is 0.341 e. The van der Waals surface area contributed by atoms with Crippen LogP contribution in [-0.4, -0.2) is 6.54 Å². The van der Waals surface area contributed by atoms with Gasteiger partial charge in [0.1, 0.15) is 0 Å². The van der Waals surface area contributed by atoms with E-state index in [1.54, 1.807) is 0 Å². The molecule has 0 heterocycles. The molecule has 2 aromatic rings. The van der Waals surface area contributed by atoms with Crippen molar-refractivity contribution in [2.75, 3.05) is 11.4 Å². The molecule has 5 heteroatoms. The molecule has 1 nitrogen and oxygen atoms in total. The van der Waals surface area contributed by atoms with Gasteiger partial charge in [0, 0.05) is 37.5 Å². The van der Waals surface area contributed by atoms with E-state index in [-0.39, 0.29) is 0 Å². The highest BCUT2D eigenvalue weighted by Gasteiger charge is 2.17. The first-order valence-corrected chi connectivity index (χ1v) is 10.5. The van der Waals surface area contributed by atoms with Crippen molar-refractivity contribution < 1.29 is 0 Å². The Morgan fingerprint density at radius 2 is 1.20 bits per heavy atom. The van der Waals surface area contributed by atoms with Gasteiger partial charge in [0.15, 0.2) is 0 Å². The van der Waals surface area contributed by atoms with Crippen molar-refractivity contribution in [2.24, 2.45) is 5.92 Å². The van der Waals surface area contributed by atoms with Gasteiger partial charge < -0.3 is 4.90 Å². The lowest BCUT2D eigenvalue weighted by Gasteiger charge is -2.30. The average Bonchev–Trinajstić information content (AvgIpc) is 2.53. The summed E-state index contributed by atoms with van der Waals surface area (Å²) in [6.45, 7) is 5.49. The van der Waals surface area contributed by atoms with Gasteiger partial charge in [0.05, 0.1) is 0 Å². The van der Waals surface area contributed by atoms with Gasteiger partial charge in [-0.2, -0.15) is 0 Å². The molecule has 0 spiro atoms. The van der Waals surface area contributed by atoms with Gasteiger partial charge in [-0.05, 0) is 48.7 Å². The normalized spacial score (nSPS) is 12.2. The Balaban J connectivity index is 2.43. The Morgan fingerprint density at radius 1 is 0.760 bits per heavy atom. The predicted molar refractivity (Wildman–Crippen MR) is 122 cm³/mol. The topological polar surface area (TPSA) is 3.24 Å². The lowest BCUT2D eigenvalue weighted by molar-refractivity contribution is 0.458. The summed E-state index contributed by atoms with van der Waals surface area (Å²) in [7, 11) is 0. The van der Waals surface area contributed by atoms with Crippen molar-refractivity contribution in [3.63, 3.8) is 0 Å². The number of hydrogen-bond acceptors (Lipinski definition) is 5. The van der Waals surface area contributed by atoms with Crippen LogP contribution in [0.2, 0.25) is 0 Å². The average molecular weight is 410 g/mol. The number of unbranched alkanes of at least 4 members (excludes halogenated alkanes) is 1. The summed E-state index contributed by atoms with van der Waals surface area (Å²) >= 11 is 18.1. The SMILES string of the molecule is CCCCC(CC)CN(c1cc(S)cc(S)c1)c1cc(S)cc(S)c1. The van der Waals surface area contributed by atoms with Crippen molar-refractivity contribution in [3.8, 4) is 0 Å². The van der Waals surface area contributed by atoms with Gasteiger partial charge in [-0.3, -0.25) is 0 Å². The number of benzene rings is 2. The molecule has 1 unspecified atom stereocenters. The zero-order valence-corrected chi connectivity index (χ0v) is 18.4. The third kappa shape index (κ3) is 6.38. The fourth-order valence-electron chi connectivity index (χ4n) is 3.01. The second-order valence-corrected chi connectivity index (χ2v) is 8.51. The summed E-state index contributed by atoms with van der Waals surface area (Å²) in [6, 6.07) is 12.3. The smallest absolute Gasteiger partial charge is 0.0433 e. The van der Waals surface area contributed by atoms with Gasteiger partial charge in [-0.15, -0.1) is 50.5 Å². The second kappa shape index (κ2) is 10.1. The van der Waals surface area contributed by atoms with Gasteiger partial charge in [0.2, 0.25) is 0 Å². The molecular weight excluding hydrogens is 382 g/mol. The summed E-state index contributed by atoms with van der Waals surface area (Å²) in [5, 5.41) is 0. The lowest BCUT2D eigenvalue weighted by Crippen LogP contribution is -2.25. The second-order valence-electron chi connectivity index (χ2n) is 6.44. The van der Waals surface area contributed by atoms with E-state index in [0.29, 0.717) is 5.92 Å². The van der Waals surface area contributed by atoms with E-state index < -0.39 is 0 Å². The van der Waals surface area contributed by atoms with E-state index in [1.807, 2.05) is 12.1 Å². The van der Waals surface area contributed by atoms with Crippen LogP contribution in [0.1, 0.15) is 39.5 Å². The number of rotatable bonds is 8. The Bertz CT molecular complexity index is 610. The molecule has 0 bridgehead atoms. The maximum atomic E-state index is 4.54. The van der Waals surface area contributed by atoms with Gasteiger partial charge >= 0.3 is 0 Å². The minimum atomic E-state index is 0.638. The van der Waals surface area contributed by atoms with E-state index in [0.717, 1.165) is 37.5 Å². The first-order chi connectivity index (χ1) is 11.9. The van der Waals surface area contributed by atoms with Crippen molar-refractivity contribution in [2.45, 2.75) is 59.1 Å². The molecule has 0 aliphatic heterocycles. The summed E-state index contributed by atoms with van der Waals surface area (Å²) in [4.78, 5) is 6.02. The third-order valence-electron chi connectivity index (χ3n) is 4.38. The van der Waals surface area contributed by atoms with Crippen molar-refractivity contribution in [1.82, 2.24) is 0 Å². The molecule has 0 saturated carbocycles. The van der Waals surface area contributed by atoms with Crippen molar-refractivity contribution in [3.05, 3.63) is 36.4 Å². The van der Waals surface area contributed by atoms with Crippen LogP contribution in [0.15, 0.2) is 56.0 Å². The maximum Gasteiger partial charge on any atom is 0.0433 e. The Morgan fingerprint density at radius 3 is 1.56 bits per heavy atom. The summed E-state index contributed by atoms with van der Waals surface area (Å²) < 4.78 is 0. The molecule has 2 rings (SSSR count). The molecule has 2 aromatic carbocycles. The third-order valence-corrected chi connectivity index (χ3v) is 5.41. The fraction of sp³-hybridized carbons (Fsp3) is 0.400. The zero-order valence-electron chi connectivity index (χ0n) is 14.8. The van der Waals surface area contributed by atoms with Crippen LogP contribution in [-0.2, 0) is 0 Å². The monoisotopic (exact) mass is 409 g/mol. The molecule has 0 aliphatic carbocycles. The molecule has 0 fully saturated rings. The lowest BCUT2D eigenvalue weighted by atomic mass is 9.98. The minimum absolute atomic E-state index is 0.638.